The second-order valence-corrected chi connectivity index (χ2v) is 6.91. The van der Waals surface area contributed by atoms with Crippen molar-refractivity contribution in [3.63, 3.8) is 0 Å². The van der Waals surface area contributed by atoms with Crippen LogP contribution < -0.4 is 4.74 Å². The summed E-state index contributed by atoms with van der Waals surface area (Å²) in [5.74, 6) is 0.604. The molecule has 3 aromatic rings. The van der Waals surface area contributed by atoms with E-state index in [4.69, 9.17) is 16.3 Å². The summed E-state index contributed by atoms with van der Waals surface area (Å²) in [6, 6.07) is 5.88. The van der Waals surface area contributed by atoms with Crippen LogP contribution in [0.2, 0.25) is 5.15 Å². The number of ether oxygens (including phenoxy) is 2. The van der Waals surface area contributed by atoms with Crippen molar-refractivity contribution in [2.24, 2.45) is 5.92 Å². The van der Waals surface area contributed by atoms with Crippen LogP contribution in [0.5, 0.6) is 5.75 Å². The quantitative estimate of drug-likeness (QED) is 0.595. The highest BCUT2D eigenvalue weighted by Crippen LogP contribution is 2.36. The van der Waals surface area contributed by atoms with Gasteiger partial charge < -0.3 is 14.0 Å². The Balaban J connectivity index is 1.90. The molecule has 0 amide bonds. The van der Waals surface area contributed by atoms with Crippen molar-refractivity contribution in [2.45, 2.75) is 26.3 Å². The lowest BCUT2D eigenvalue weighted by atomic mass is 10.1. The van der Waals surface area contributed by atoms with Gasteiger partial charge in [-0.2, -0.15) is 0 Å². The van der Waals surface area contributed by atoms with Crippen LogP contribution in [-0.4, -0.2) is 39.1 Å². The van der Waals surface area contributed by atoms with Gasteiger partial charge in [0.2, 0.25) is 0 Å². The molecule has 0 spiro atoms. The molecule has 1 aliphatic heterocycles. The van der Waals surface area contributed by atoms with E-state index < -0.39 is 6.36 Å². The molecular formula is C18H16ClF3N4O2. The van der Waals surface area contributed by atoms with Gasteiger partial charge in [0, 0.05) is 19.1 Å². The van der Waals surface area contributed by atoms with Crippen LogP contribution in [0, 0.1) is 12.8 Å². The first kappa shape index (κ1) is 18.9. The van der Waals surface area contributed by atoms with E-state index in [0.29, 0.717) is 42.6 Å². The number of benzene rings is 1. The van der Waals surface area contributed by atoms with Crippen molar-refractivity contribution in [1.82, 2.24) is 19.5 Å². The Labute approximate surface area is 163 Å². The van der Waals surface area contributed by atoms with Crippen LogP contribution in [0.4, 0.5) is 13.2 Å². The second-order valence-electron chi connectivity index (χ2n) is 6.55. The average Bonchev–Trinajstić information content (AvgIpc) is 3.23. The number of alkyl halides is 3. The van der Waals surface area contributed by atoms with Crippen molar-refractivity contribution >= 4 is 22.8 Å². The van der Waals surface area contributed by atoms with E-state index in [2.05, 4.69) is 19.7 Å². The van der Waals surface area contributed by atoms with Crippen molar-refractivity contribution in [3.8, 4) is 17.1 Å². The molecular weight excluding hydrogens is 397 g/mol. The van der Waals surface area contributed by atoms with Crippen LogP contribution in [-0.2, 0) is 11.3 Å². The van der Waals surface area contributed by atoms with Gasteiger partial charge in [0.1, 0.15) is 22.9 Å². The third kappa shape index (κ3) is 3.77. The summed E-state index contributed by atoms with van der Waals surface area (Å²) in [4.78, 5) is 13.0. The first-order valence-corrected chi connectivity index (χ1v) is 9.03. The molecule has 4 rings (SSSR count). The monoisotopic (exact) mass is 412 g/mol. The maximum Gasteiger partial charge on any atom is 0.573 e. The third-order valence-corrected chi connectivity index (χ3v) is 4.75. The first-order chi connectivity index (χ1) is 13.3. The first-order valence-electron chi connectivity index (χ1n) is 8.65. The molecule has 0 bridgehead atoms. The van der Waals surface area contributed by atoms with E-state index >= 15 is 0 Å². The summed E-state index contributed by atoms with van der Waals surface area (Å²) < 4.78 is 50.1. The van der Waals surface area contributed by atoms with Crippen LogP contribution >= 0.6 is 11.6 Å². The molecule has 1 aliphatic rings. The fourth-order valence-electron chi connectivity index (χ4n) is 3.30. The number of imidazole rings is 1. The van der Waals surface area contributed by atoms with E-state index in [9.17, 15) is 13.2 Å². The Bertz CT molecular complexity index is 1020. The topological polar surface area (TPSA) is 62.1 Å². The Morgan fingerprint density at radius 3 is 2.75 bits per heavy atom. The minimum absolute atomic E-state index is 0.152. The fourth-order valence-corrected chi connectivity index (χ4v) is 3.55. The van der Waals surface area contributed by atoms with Gasteiger partial charge in [0.25, 0.3) is 0 Å². The van der Waals surface area contributed by atoms with E-state index in [-0.39, 0.29) is 22.4 Å². The highest BCUT2D eigenvalue weighted by molar-refractivity contribution is 6.33. The third-order valence-electron chi connectivity index (χ3n) is 4.48. The lowest BCUT2D eigenvalue weighted by molar-refractivity contribution is -0.274. The van der Waals surface area contributed by atoms with Gasteiger partial charge in [-0.1, -0.05) is 23.7 Å². The molecule has 10 heteroatoms. The lowest BCUT2D eigenvalue weighted by Gasteiger charge is -2.16. The molecule has 28 heavy (non-hydrogen) atoms. The van der Waals surface area contributed by atoms with Gasteiger partial charge in [0.05, 0.1) is 12.2 Å². The van der Waals surface area contributed by atoms with Gasteiger partial charge in [-0.25, -0.2) is 15.0 Å². The molecule has 0 N–H and O–H groups in total. The second kappa shape index (κ2) is 7.21. The SMILES string of the molecule is Cc1nc(Cl)c2nc(-c3ccccc3OC(F)(F)F)n(CC3CCOC3)c2n1. The molecule has 1 atom stereocenters. The lowest BCUT2D eigenvalue weighted by Crippen LogP contribution is -2.18. The number of aryl methyl sites for hydroxylation is 1. The number of fused-ring (bicyclic) bond motifs is 1. The number of nitrogens with zero attached hydrogens (tertiary/aromatic N) is 4. The predicted molar refractivity (Wildman–Crippen MR) is 96.1 cm³/mol. The maximum atomic E-state index is 12.9. The van der Waals surface area contributed by atoms with Crippen LogP contribution in [0.1, 0.15) is 12.2 Å². The molecule has 6 nitrogen and oxygen atoms in total. The Morgan fingerprint density at radius 2 is 2.04 bits per heavy atom. The molecule has 1 saturated heterocycles. The number of aromatic nitrogens is 4. The van der Waals surface area contributed by atoms with Gasteiger partial charge in [0.15, 0.2) is 10.8 Å². The Kier molecular flexibility index (Phi) is 4.88. The van der Waals surface area contributed by atoms with Crippen molar-refractivity contribution in [3.05, 3.63) is 35.2 Å². The zero-order valence-corrected chi connectivity index (χ0v) is 15.6. The van der Waals surface area contributed by atoms with E-state index in [1.807, 2.05) is 0 Å². The van der Waals surface area contributed by atoms with E-state index in [1.165, 1.54) is 18.2 Å². The average molecular weight is 413 g/mol. The maximum absolute atomic E-state index is 12.9. The van der Waals surface area contributed by atoms with Gasteiger partial charge in [-0.3, -0.25) is 0 Å². The fraction of sp³-hybridized carbons (Fsp3) is 0.389. The van der Waals surface area contributed by atoms with Crippen molar-refractivity contribution < 1.29 is 22.6 Å². The van der Waals surface area contributed by atoms with Crippen LogP contribution in [0.15, 0.2) is 24.3 Å². The number of rotatable bonds is 4. The summed E-state index contributed by atoms with van der Waals surface area (Å²) >= 11 is 6.24. The smallest absolute Gasteiger partial charge is 0.405 e. The van der Waals surface area contributed by atoms with Gasteiger partial charge in [-0.15, -0.1) is 13.2 Å². The highest BCUT2D eigenvalue weighted by atomic mass is 35.5. The Hall–Kier alpha value is -2.39. The zero-order valence-electron chi connectivity index (χ0n) is 14.8. The van der Waals surface area contributed by atoms with E-state index in [0.717, 1.165) is 6.42 Å². The molecule has 3 heterocycles. The summed E-state index contributed by atoms with van der Waals surface area (Å²) in [7, 11) is 0. The number of para-hydroxylation sites is 1. The summed E-state index contributed by atoms with van der Waals surface area (Å²) in [5.41, 5.74) is 1.01. The largest absolute Gasteiger partial charge is 0.573 e. The standard InChI is InChI=1S/C18H16ClF3N4O2/c1-10-23-15(19)14-17(24-10)26(8-11-6-7-27-9-11)16(25-14)12-4-2-3-5-13(12)28-18(20,21)22/h2-5,11H,6-9H2,1H3. The molecule has 0 aliphatic carbocycles. The minimum atomic E-state index is -4.82. The van der Waals surface area contributed by atoms with Gasteiger partial charge in [-0.05, 0) is 25.5 Å². The Morgan fingerprint density at radius 1 is 1.25 bits per heavy atom. The van der Waals surface area contributed by atoms with Crippen LogP contribution in [0.3, 0.4) is 0 Å². The van der Waals surface area contributed by atoms with E-state index in [1.54, 1.807) is 17.6 Å². The molecule has 1 unspecified atom stereocenters. The normalized spacial score (nSPS) is 17.4. The highest BCUT2D eigenvalue weighted by Gasteiger charge is 2.33. The van der Waals surface area contributed by atoms with Crippen LogP contribution in [0.25, 0.3) is 22.6 Å². The number of hydrogen-bond acceptors (Lipinski definition) is 5. The summed E-state index contributed by atoms with van der Waals surface area (Å²) in [6.07, 6.45) is -3.97. The molecule has 0 radical (unpaired) electrons. The minimum Gasteiger partial charge on any atom is -0.405 e. The summed E-state index contributed by atoms with van der Waals surface area (Å²) in [6.45, 7) is 3.40. The van der Waals surface area contributed by atoms with Crippen molar-refractivity contribution in [2.75, 3.05) is 13.2 Å². The summed E-state index contributed by atoms with van der Waals surface area (Å²) in [5, 5.41) is 0.152. The molecule has 2 aromatic heterocycles. The predicted octanol–water partition coefficient (Wildman–Crippen LogP) is 4.39. The molecule has 1 fully saturated rings. The molecule has 1 aromatic carbocycles. The molecule has 0 saturated carbocycles. The number of halogens is 4. The van der Waals surface area contributed by atoms with Crippen molar-refractivity contribution in [1.29, 1.82) is 0 Å². The zero-order chi connectivity index (χ0) is 19.9. The number of hydrogen-bond donors (Lipinski definition) is 0. The molecule has 148 valence electrons. The van der Waals surface area contributed by atoms with Gasteiger partial charge >= 0.3 is 6.36 Å².